The van der Waals surface area contributed by atoms with Crippen LogP contribution in [0, 0.1) is 11.8 Å². The van der Waals surface area contributed by atoms with E-state index in [-0.39, 0.29) is 36.0 Å². The van der Waals surface area contributed by atoms with E-state index in [4.69, 9.17) is 4.74 Å². The molecule has 2 N–H and O–H groups in total. The highest BCUT2D eigenvalue weighted by atomic mass is 32.1. The minimum absolute atomic E-state index is 0.00672. The molecule has 1 aliphatic rings. The van der Waals surface area contributed by atoms with Crippen LogP contribution in [-0.2, 0) is 25.5 Å². The van der Waals surface area contributed by atoms with E-state index < -0.39 is 6.04 Å². The van der Waals surface area contributed by atoms with Gasteiger partial charge in [-0.3, -0.25) is 14.4 Å². The van der Waals surface area contributed by atoms with Crippen molar-refractivity contribution >= 4 is 34.3 Å². The fourth-order valence-electron chi connectivity index (χ4n) is 3.36. The fraction of sp³-hybridized carbons (Fsp3) is 0.700. The van der Waals surface area contributed by atoms with E-state index in [0.29, 0.717) is 23.9 Å². The van der Waals surface area contributed by atoms with E-state index in [9.17, 15) is 14.4 Å². The first-order chi connectivity index (χ1) is 13.4. The monoisotopic (exact) mass is 409 g/mol. The van der Waals surface area contributed by atoms with Crippen LogP contribution < -0.4 is 10.6 Å². The summed E-state index contributed by atoms with van der Waals surface area (Å²) in [5, 5.41) is 7.88. The summed E-state index contributed by atoms with van der Waals surface area (Å²) in [6, 6.07) is -0.591. The molecular formula is C20H31N3O4S. The van der Waals surface area contributed by atoms with Gasteiger partial charge < -0.3 is 15.4 Å². The zero-order valence-electron chi connectivity index (χ0n) is 17.0. The molecular weight excluding hydrogens is 378 g/mol. The van der Waals surface area contributed by atoms with E-state index in [1.165, 1.54) is 17.8 Å². The van der Waals surface area contributed by atoms with Crippen molar-refractivity contribution in [3.05, 3.63) is 11.1 Å². The summed E-state index contributed by atoms with van der Waals surface area (Å²) in [5.74, 6) is -0.369. The highest BCUT2D eigenvalue weighted by molar-refractivity contribution is 7.13. The molecule has 2 amide bonds. The topological polar surface area (TPSA) is 97.4 Å². The largest absolute Gasteiger partial charge is 0.466 e. The number of thiazole rings is 1. The van der Waals surface area contributed by atoms with Crippen molar-refractivity contribution in [1.82, 2.24) is 10.3 Å². The highest BCUT2D eigenvalue weighted by Gasteiger charge is 2.27. The summed E-state index contributed by atoms with van der Waals surface area (Å²) in [7, 11) is 0. The number of carbonyl (C=O) groups is 3. The second-order valence-corrected chi connectivity index (χ2v) is 8.50. The number of aromatic nitrogens is 1. The number of hydrogen-bond acceptors (Lipinski definition) is 6. The predicted octanol–water partition coefficient (Wildman–Crippen LogP) is 3.30. The van der Waals surface area contributed by atoms with Gasteiger partial charge in [0.15, 0.2) is 5.13 Å². The molecule has 1 heterocycles. The van der Waals surface area contributed by atoms with Crippen LogP contribution in [0.1, 0.15) is 65.0 Å². The van der Waals surface area contributed by atoms with Crippen molar-refractivity contribution in [2.24, 2.45) is 11.8 Å². The molecule has 1 atom stereocenters. The lowest BCUT2D eigenvalue weighted by Gasteiger charge is -2.25. The van der Waals surface area contributed by atoms with Crippen molar-refractivity contribution in [2.75, 3.05) is 11.9 Å². The lowest BCUT2D eigenvalue weighted by atomic mass is 9.88. The molecule has 2 rings (SSSR count). The van der Waals surface area contributed by atoms with Crippen LogP contribution >= 0.6 is 11.3 Å². The predicted molar refractivity (Wildman–Crippen MR) is 109 cm³/mol. The van der Waals surface area contributed by atoms with Gasteiger partial charge in [0.2, 0.25) is 11.8 Å². The van der Waals surface area contributed by atoms with Gasteiger partial charge in [-0.2, -0.15) is 0 Å². The van der Waals surface area contributed by atoms with Crippen molar-refractivity contribution in [3.8, 4) is 0 Å². The second-order valence-electron chi connectivity index (χ2n) is 7.64. The van der Waals surface area contributed by atoms with Crippen LogP contribution in [0.5, 0.6) is 0 Å². The maximum Gasteiger partial charge on any atom is 0.311 e. The Hall–Kier alpha value is -1.96. The maximum absolute atomic E-state index is 12.7. The summed E-state index contributed by atoms with van der Waals surface area (Å²) < 4.78 is 4.91. The zero-order chi connectivity index (χ0) is 20.5. The number of nitrogens with zero attached hydrogens (tertiary/aromatic N) is 1. The number of ether oxygens (including phenoxy) is 1. The van der Waals surface area contributed by atoms with Crippen LogP contribution in [0.2, 0.25) is 0 Å². The first kappa shape index (κ1) is 22.3. The molecule has 0 bridgehead atoms. The molecule has 0 aromatic carbocycles. The number of nitrogens with one attached hydrogen (secondary N) is 2. The third-order valence-electron chi connectivity index (χ3n) is 4.73. The summed E-state index contributed by atoms with van der Waals surface area (Å²) in [6.45, 7) is 6.12. The van der Waals surface area contributed by atoms with Crippen LogP contribution in [-0.4, -0.2) is 35.4 Å². The minimum atomic E-state index is -0.591. The smallest absolute Gasteiger partial charge is 0.311 e. The number of amides is 2. The molecule has 1 aliphatic carbocycles. The van der Waals surface area contributed by atoms with Gasteiger partial charge in [0.1, 0.15) is 6.04 Å². The van der Waals surface area contributed by atoms with Gasteiger partial charge in [0.25, 0.3) is 0 Å². The van der Waals surface area contributed by atoms with Crippen LogP contribution in [0.25, 0.3) is 0 Å². The fourth-order valence-corrected chi connectivity index (χ4v) is 4.07. The Morgan fingerprint density at radius 1 is 1.25 bits per heavy atom. The Bertz CT molecular complexity index is 668. The number of hydrogen-bond donors (Lipinski definition) is 2. The molecule has 8 heteroatoms. The third kappa shape index (κ3) is 7.22. The van der Waals surface area contributed by atoms with Gasteiger partial charge in [-0.15, -0.1) is 11.3 Å². The van der Waals surface area contributed by atoms with Crippen LogP contribution in [0.15, 0.2) is 5.38 Å². The maximum atomic E-state index is 12.7. The molecule has 0 radical (unpaired) electrons. The van der Waals surface area contributed by atoms with E-state index in [1.54, 1.807) is 12.3 Å². The number of esters is 1. The van der Waals surface area contributed by atoms with Crippen LogP contribution in [0.3, 0.4) is 0 Å². The van der Waals surface area contributed by atoms with Crippen molar-refractivity contribution in [2.45, 2.75) is 71.8 Å². The first-order valence-electron chi connectivity index (χ1n) is 10.1. The average molecular weight is 410 g/mol. The quantitative estimate of drug-likeness (QED) is 0.610. The molecule has 1 fully saturated rings. The van der Waals surface area contributed by atoms with Crippen molar-refractivity contribution in [1.29, 1.82) is 0 Å². The highest BCUT2D eigenvalue weighted by Crippen LogP contribution is 2.24. The molecule has 0 unspecified atom stereocenters. The zero-order valence-corrected chi connectivity index (χ0v) is 17.8. The van der Waals surface area contributed by atoms with Crippen molar-refractivity contribution in [3.63, 3.8) is 0 Å². The second kappa shape index (κ2) is 11.1. The first-order valence-corrected chi connectivity index (χ1v) is 11.0. The lowest BCUT2D eigenvalue weighted by molar-refractivity contribution is -0.142. The van der Waals surface area contributed by atoms with Crippen molar-refractivity contribution < 1.29 is 19.1 Å². The lowest BCUT2D eigenvalue weighted by Crippen LogP contribution is -2.47. The number of anilines is 1. The Labute approximate surface area is 170 Å². The Morgan fingerprint density at radius 2 is 1.96 bits per heavy atom. The van der Waals surface area contributed by atoms with Gasteiger partial charge in [-0.25, -0.2) is 4.98 Å². The number of carbonyl (C=O) groups excluding carboxylic acids is 3. The standard InChI is InChI=1S/C20H31N3O4S/c1-4-27-17(24)11-15-12-28-20(21-15)23-19(26)16(10-13(2)3)22-18(25)14-8-6-5-7-9-14/h12-14,16H,4-11H2,1-3H3,(H,22,25)(H,21,23,26)/t16-/m1/s1. The molecule has 1 saturated carbocycles. The van der Waals surface area contributed by atoms with Crippen LogP contribution in [0.4, 0.5) is 5.13 Å². The Morgan fingerprint density at radius 3 is 2.61 bits per heavy atom. The van der Waals surface area contributed by atoms with E-state index in [2.05, 4.69) is 15.6 Å². The minimum Gasteiger partial charge on any atom is -0.466 e. The van der Waals surface area contributed by atoms with E-state index in [1.807, 2.05) is 13.8 Å². The van der Waals surface area contributed by atoms with E-state index in [0.717, 1.165) is 25.7 Å². The van der Waals surface area contributed by atoms with Gasteiger partial charge >= 0.3 is 5.97 Å². The van der Waals surface area contributed by atoms with Gasteiger partial charge in [-0.1, -0.05) is 33.1 Å². The summed E-state index contributed by atoms with van der Waals surface area (Å²) >= 11 is 1.26. The average Bonchev–Trinajstić information content (AvgIpc) is 3.08. The molecule has 156 valence electrons. The Balaban J connectivity index is 1.95. The molecule has 1 aromatic heterocycles. The van der Waals surface area contributed by atoms with Gasteiger partial charge in [0, 0.05) is 11.3 Å². The normalized spacial score (nSPS) is 15.9. The molecule has 28 heavy (non-hydrogen) atoms. The summed E-state index contributed by atoms with van der Waals surface area (Å²) in [5.41, 5.74) is 0.561. The van der Waals surface area contributed by atoms with Gasteiger partial charge in [0.05, 0.1) is 18.7 Å². The summed E-state index contributed by atoms with van der Waals surface area (Å²) in [6.07, 6.45) is 5.75. The third-order valence-corrected chi connectivity index (χ3v) is 5.54. The Kier molecular flexibility index (Phi) is 8.89. The van der Waals surface area contributed by atoms with E-state index >= 15 is 0 Å². The molecule has 0 aliphatic heterocycles. The molecule has 0 saturated heterocycles. The molecule has 0 spiro atoms. The molecule has 7 nitrogen and oxygen atoms in total. The van der Waals surface area contributed by atoms with Gasteiger partial charge in [-0.05, 0) is 32.1 Å². The SMILES string of the molecule is CCOC(=O)Cc1csc(NC(=O)[C@@H](CC(C)C)NC(=O)C2CCCCC2)n1. The number of rotatable bonds is 9. The summed E-state index contributed by atoms with van der Waals surface area (Å²) in [4.78, 5) is 41.2. The molecule has 1 aromatic rings.